The Labute approximate surface area is 107 Å². The van der Waals surface area contributed by atoms with Gasteiger partial charge in [-0.2, -0.15) is 5.10 Å². The van der Waals surface area contributed by atoms with Gasteiger partial charge >= 0.3 is 0 Å². The van der Waals surface area contributed by atoms with Crippen LogP contribution >= 0.6 is 0 Å². The summed E-state index contributed by atoms with van der Waals surface area (Å²) in [6.07, 6.45) is 3.43. The number of Topliss-reactive ketones (excluding diaryl/α,β-unsaturated/α-hetero) is 1. The first kappa shape index (κ1) is 13.2. The predicted octanol–water partition coefficient (Wildman–Crippen LogP) is 1.08. The Balaban J connectivity index is 2.01. The van der Waals surface area contributed by atoms with E-state index < -0.39 is 5.54 Å². The molecule has 0 radical (unpaired) electrons. The van der Waals surface area contributed by atoms with E-state index in [0.29, 0.717) is 38.5 Å². The summed E-state index contributed by atoms with van der Waals surface area (Å²) in [4.78, 5) is 12.2. The molecule has 0 amide bonds. The molecule has 0 saturated carbocycles. The molecule has 1 aliphatic rings. The van der Waals surface area contributed by atoms with E-state index >= 15 is 0 Å². The number of ketones is 1. The van der Waals surface area contributed by atoms with Crippen molar-refractivity contribution in [1.29, 1.82) is 0 Å². The third-order valence-electron chi connectivity index (χ3n) is 3.47. The Morgan fingerprint density at radius 1 is 1.56 bits per heavy atom. The van der Waals surface area contributed by atoms with Crippen LogP contribution in [0.25, 0.3) is 0 Å². The van der Waals surface area contributed by atoms with E-state index in [1.165, 1.54) is 0 Å². The molecule has 2 heterocycles. The molecule has 100 valence electrons. The second kappa shape index (κ2) is 5.20. The van der Waals surface area contributed by atoms with Crippen molar-refractivity contribution in [2.75, 3.05) is 13.2 Å². The molecule has 5 heteroatoms. The van der Waals surface area contributed by atoms with Gasteiger partial charge in [0.2, 0.25) is 0 Å². The lowest BCUT2D eigenvalue weighted by Gasteiger charge is -2.31. The lowest BCUT2D eigenvalue weighted by molar-refractivity contribution is -0.126. The monoisotopic (exact) mass is 251 g/mol. The van der Waals surface area contributed by atoms with Crippen molar-refractivity contribution in [3.63, 3.8) is 0 Å². The van der Waals surface area contributed by atoms with E-state index in [9.17, 15) is 4.79 Å². The van der Waals surface area contributed by atoms with Crippen LogP contribution in [0.2, 0.25) is 0 Å². The zero-order chi connectivity index (χ0) is 13.2. The van der Waals surface area contributed by atoms with Crippen LogP contribution in [0.1, 0.15) is 38.4 Å². The summed E-state index contributed by atoms with van der Waals surface area (Å²) < 4.78 is 7.11. The first-order valence-electron chi connectivity index (χ1n) is 6.45. The lowest BCUT2D eigenvalue weighted by Crippen LogP contribution is -2.52. The molecule has 2 N–H and O–H groups in total. The molecule has 18 heavy (non-hydrogen) atoms. The summed E-state index contributed by atoms with van der Waals surface area (Å²) in [5.74, 6) is 0.0693. The maximum absolute atomic E-state index is 12.2. The van der Waals surface area contributed by atoms with Crippen LogP contribution in [0.5, 0.6) is 0 Å². The van der Waals surface area contributed by atoms with Crippen LogP contribution in [0.3, 0.4) is 0 Å². The lowest BCUT2D eigenvalue weighted by atomic mass is 9.85. The van der Waals surface area contributed by atoms with Gasteiger partial charge in [-0.05, 0) is 32.8 Å². The van der Waals surface area contributed by atoms with Crippen LogP contribution in [0.15, 0.2) is 12.3 Å². The number of nitrogens with zero attached hydrogens (tertiary/aromatic N) is 2. The van der Waals surface area contributed by atoms with Crippen LogP contribution < -0.4 is 5.73 Å². The molecule has 0 aliphatic carbocycles. The number of carbonyl (C=O) groups is 1. The summed E-state index contributed by atoms with van der Waals surface area (Å²) in [6, 6.07) is 2.20. The SMILES string of the molecule is CC(C)n1ccc(CC(=O)C2(N)CCOCC2)n1. The number of aromatic nitrogens is 2. The Bertz CT molecular complexity index is 420. The molecule has 1 aromatic heterocycles. The standard InChI is InChI=1S/C13H21N3O2/c1-10(2)16-6-3-11(15-16)9-12(17)13(14)4-7-18-8-5-13/h3,6,10H,4-5,7-9,14H2,1-2H3. The van der Waals surface area contributed by atoms with Crippen molar-refractivity contribution in [3.05, 3.63) is 18.0 Å². The Hall–Kier alpha value is -1.20. The highest BCUT2D eigenvalue weighted by Gasteiger charge is 2.35. The zero-order valence-corrected chi connectivity index (χ0v) is 11.1. The van der Waals surface area contributed by atoms with Gasteiger partial charge in [0.15, 0.2) is 5.78 Å². The third-order valence-corrected chi connectivity index (χ3v) is 3.47. The first-order chi connectivity index (χ1) is 8.51. The quantitative estimate of drug-likeness (QED) is 0.869. The van der Waals surface area contributed by atoms with Gasteiger partial charge in [0.1, 0.15) is 0 Å². The second-order valence-electron chi connectivity index (χ2n) is 5.25. The van der Waals surface area contributed by atoms with Gasteiger partial charge in [0, 0.05) is 25.5 Å². The maximum atomic E-state index is 12.2. The molecular formula is C13H21N3O2. The zero-order valence-electron chi connectivity index (χ0n) is 11.1. The van der Waals surface area contributed by atoms with Crippen LogP contribution in [0, 0.1) is 0 Å². The second-order valence-corrected chi connectivity index (χ2v) is 5.25. The highest BCUT2D eigenvalue weighted by molar-refractivity contribution is 5.89. The van der Waals surface area contributed by atoms with Crippen molar-refractivity contribution in [3.8, 4) is 0 Å². The molecule has 0 unspecified atom stereocenters. The minimum Gasteiger partial charge on any atom is -0.381 e. The van der Waals surface area contributed by atoms with Crippen LogP contribution in [-0.2, 0) is 16.0 Å². The third kappa shape index (κ3) is 2.79. The number of carbonyl (C=O) groups excluding carboxylic acids is 1. The van der Waals surface area contributed by atoms with Crippen molar-refractivity contribution < 1.29 is 9.53 Å². The normalized spacial score (nSPS) is 19.1. The van der Waals surface area contributed by atoms with Gasteiger partial charge in [0.25, 0.3) is 0 Å². The average molecular weight is 251 g/mol. The van der Waals surface area contributed by atoms with E-state index in [0.717, 1.165) is 5.69 Å². The largest absolute Gasteiger partial charge is 0.381 e. The van der Waals surface area contributed by atoms with Crippen molar-refractivity contribution >= 4 is 5.78 Å². The van der Waals surface area contributed by atoms with Gasteiger partial charge in [-0.15, -0.1) is 0 Å². The summed E-state index contributed by atoms with van der Waals surface area (Å²) in [5, 5.41) is 4.38. The van der Waals surface area contributed by atoms with E-state index in [1.807, 2.05) is 16.9 Å². The number of ether oxygens (including phenoxy) is 1. The Morgan fingerprint density at radius 2 is 2.22 bits per heavy atom. The predicted molar refractivity (Wildman–Crippen MR) is 68.3 cm³/mol. The molecule has 0 atom stereocenters. The molecule has 0 spiro atoms. The van der Waals surface area contributed by atoms with E-state index in [1.54, 1.807) is 0 Å². The molecule has 5 nitrogen and oxygen atoms in total. The minimum atomic E-state index is -0.722. The number of rotatable bonds is 4. The van der Waals surface area contributed by atoms with Crippen molar-refractivity contribution in [2.24, 2.45) is 5.73 Å². The summed E-state index contributed by atoms with van der Waals surface area (Å²) in [7, 11) is 0. The van der Waals surface area contributed by atoms with Gasteiger partial charge < -0.3 is 10.5 Å². The molecule has 0 bridgehead atoms. The number of nitrogens with two attached hydrogens (primary N) is 1. The summed E-state index contributed by atoms with van der Waals surface area (Å²) in [6.45, 7) is 5.26. The fourth-order valence-corrected chi connectivity index (χ4v) is 2.11. The molecular weight excluding hydrogens is 230 g/mol. The van der Waals surface area contributed by atoms with Crippen molar-refractivity contribution in [1.82, 2.24) is 9.78 Å². The molecule has 1 fully saturated rings. The molecule has 0 aromatic carbocycles. The fourth-order valence-electron chi connectivity index (χ4n) is 2.11. The molecule has 1 aromatic rings. The molecule has 1 aliphatic heterocycles. The van der Waals surface area contributed by atoms with E-state index in [-0.39, 0.29) is 5.78 Å². The summed E-state index contributed by atoms with van der Waals surface area (Å²) in [5.41, 5.74) is 6.23. The first-order valence-corrected chi connectivity index (χ1v) is 6.45. The molecule has 2 rings (SSSR count). The van der Waals surface area contributed by atoms with Crippen molar-refractivity contribution in [2.45, 2.75) is 44.7 Å². The highest BCUT2D eigenvalue weighted by Crippen LogP contribution is 2.20. The van der Waals surface area contributed by atoms with Gasteiger partial charge in [-0.3, -0.25) is 9.48 Å². The molecule has 1 saturated heterocycles. The number of hydrogen-bond acceptors (Lipinski definition) is 4. The van der Waals surface area contributed by atoms with Gasteiger partial charge in [-0.1, -0.05) is 0 Å². The van der Waals surface area contributed by atoms with E-state index in [4.69, 9.17) is 10.5 Å². The number of hydrogen-bond donors (Lipinski definition) is 1. The maximum Gasteiger partial charge on any atom is 0.158 e. The topological polar surface area (TPSA) is 70.1 Å². The smallest absolute Gasteiger partial charge is 0.158 e. The Morgan fingerprint density at radius 3 is 2.78 bits per heavy atom. The van der Waals surface area contributed by atoms with Crippen LogP contribution in [-0.4, -0.2) is 34.3 Å². The van der Waals surface area contributed by atoms with Gasteiger partial charge in [0.05, 0.1) is 17.7 Å². The van der Waals surface area contributed by atoms with Crippen LogP contribution in [0.4, 0.5) is 0 Å². The Kier molecular flexibility index (Phi) is 3.82. The van der Waals surface area contributed by atoms with Gasteiger partial charge in [-0.25, -0.2) is 0 Å². The average Bonchev–Trinajstić information content (AvgIpc) is 2.78. The minimum absolute atomic E-state index is 0.0693. The highest BCUT2D eigenvalue weighted by atomic mass is 16.5. The summed E-state index contributed by atoms with van der Waals surface area (Å²) >= 11 is 0. The van der Waals surface area contributed by atoms with E-state index in [2.05, 4.69) is 18.9 Å². The fraction of sp³-hybridized carbons (Fsp3) is 0.692.